The molecule has 0 aliphatic heterocycles. The Kier molecular flexibility index (Phi) is 4.01. The van der Waals surface area contributed by atoms with Crippen LogP contribution >= 0.6 is 22.9 Å². The molecule has 0 aliphatic rings. The summed E-state index contributed by atoms with van der Waals surface area (Å²) in [5.74, 6) is 0. The fraction of sp³-hybridized carbons (Fsp3) is 0.188. The number of nitrogens with one attached hydrogen (secondary N) is 1. The van der Waals surface area contributed by atoms with Crippen LogP contribution in [0, 0.1) is 0 Å². The lowest BCUT2D eigenvalue weighted by atomic mass is 10.0. The van der Waals surface area contributed by atoms with Crippen LogP contribution in [0.1, 0.15) is 23.4 Å². The third kappa shape index (κ3) is 2.44. The highest BCUT2D eigenvalue weighted by molar-refractivity contribution is 7.10. The zero-order valence-corrected chi connectivity index (χ0v) is 12.7. The monoisotopic (exact) mass is 302 g/mol. The summed E-state index contributed by atoms with van der Waals surface area (Å²) < 4.78 is 0. The van der Waals surface area contributed by atoms with Crippen LogP contribution < -0.4 is 5.32 Å². The van der Waals surface area contributed by atoms with E-state index in [1.807, 2.05) is 35.8 Å². The first-order valence-electron chi connectivity index (χ1n) is 6.61. The van der Waals surface area contributed by atoms with E-state index in [1.165, 1.54) is 10.9 Å². The topological polar surface area (TPSA) is 24.9 Å². The summed E-state index contributed by atoms with van der Waals surface area (Å²) in [7, 11) is 0. The molecule has 4 heteroatoms. The molecule has 2 heterocycles. The molecule has 3 rings (SSSR count). The number of fused-ring (bicyclic) bond motifs is 1. The fourth-order valence-corrected chi connectivity index (χ4v) is 3.69. The maximum absolute atomic E-state index is 6.33. The number of nitrogens with zero attached hydrogens (tertiary/aromatic N) is 1. The van der Waals surface area contributed by atoms with Crippen LogP contribution in [-0.2, 0) is 0 Å². The summed E-state index contributed by atoms with van der Waals surface area (Å²) in [6.07, 6.45) is 1.86. The van der Waals surface area contributed by atoms with E-state index in [0.717, 1.165) is 22.0 Å². The van der Waals surface area contributed by atoms with Gasteiger partial charge in [0.25, 0.3) is 0 Å². The van der Waals surface area contributed by atoms with Crippen molar-refractivity contribution in [3.63, 3.8) is 0 Å². The van der Waals surface area contributed by atoms with E-state index in [-0.39, 0.29) is 6.04 Å². The lowest BCUT2D eigenvalue weighted by Gasteiger charge is -2.19. The van der Waals surface area contributed by atoms with Crippen molar-refractivity contribution in [1.29, 1.82) is 0 Å². The SMILES string of the molecule is CCNC(c1sccc1Cl)c1ccnc2ccccc12. The van der Waals surface area contributed by atoms with Crippen molar-refractivity contribution in [3.05, 3.63) is 63.4 Å². The molecule has 1 aromatic carbocycles. The van der Waals surface area contributed by atoms with Crippen LogP contribution in [0.25, 0.3) is 10.9 Å². The number of rotatable bonds is 4. The molecule has 1 N–H and O–H groups in total. The average molecular weight is 303 g/mol. The molecule has 0 saturated heterocycles. The number of aromatic nitrogens is 1. The van der Waals surface area contributed by atoms with Crippen molar-refractivity contribution < 1.29 is 0 Å². The minimum atomic E-state index is 0.111. The van der Waals surface area contributed by atoms with Crippen molar-refractivity contribution in [2.24, 2.45) is 0 Å². The van der Waals surface area contributed by atoms with E-state index in [4.69, 9.17) is 11.6 Å². The average Bonchev–Trinajstić information content (AvgIpc) is 2.90. The highest BCUT2D eigenvalue weighted by atomic mass is 35.5. The molecule has 0 aliphatic carbocycles. The van der Waals surface area contributed by atoms with Gasteiger partial charge in [0.1, 0.15) is 0 Å². The molecule has 0 radical (unpaired) electrons. The van der Waals surface area contributed by atoms with E-state index < -0.39 is 0 Å². The minimum absolute atomic E-state index is 0.111. The zero-order chi connectivity index (χ0) is 13.9. The normalized spacial score (nSPS) is 12.7. The van der Waals surface area contributed by atoms with Gasteiger partial charge in [-0.25, -0.2) is 0 Å². The number of para-hydroxylation sites is 1. The summed E-state index contributed by atoms with van der Waals surface area (Å²) >= 11 is 8.01. The molecule has 0 saturated carbocycles. The molecule has 3 aromatic rings. The molecule has 1 atom stereocenters. The second kappa shape index (κ2) is 5.92. The third-order valence-electron chi connectivity index (χ3n) is 3.31. The first kappa shape index (κ1) is 13.6. The summed E-state index contributed by atoms with van der Waals surface area (Å²) in [6, 6.07) is 12.4. The largest absolute Gasteiger partial charge is 0.306 e. The molecule has 0 bridgehead atoms. The van der Waals surface area contributed by atoms with Crippen molar-refractivity contribution in [1.82, 2.24) is 10.3 Å². The Morgan fingerprint density at radius 1 is 1.25 bits per heavy atom. The van der Waals surface area contributed by atoms with E-state index >= 15 is 0 Å². The summed E-state index contributed by atoms with van der Waals surface area (Å²) in [6.45, 7) is 2.99. The first-order chi connectivity index (χ1) is 9.81. The molecule has 20 heavy (non-hydrogen) atoms. The van der Waals surface area contributed by atoms with E-state index in [9.17, 15) is 0 Å². The van der Waals surface area contributed by atoms with Crippen LogP contribution in [0.4, 0.5) is 0 Å². The molecule has 0 spiro atoms. The van der Waals surface area contributed by atoms with E-state index in [2.05, 4.69) is 29.4 Å². The van der Waals surface area contributed by atoms with Gasteiger partial charge in [0.05, 0.1) is 16.6 Å². The molecule has 0 amide bonds. The van der Waals surface area contributed by atoms with Crippen LogP contribution in [0.2, 0.25) is 5.02 Å². The van der Waals surface area contributed by atoms with Gasteiger partial charge in [0.15, 0.2) is 0 Å². The van der Waals surface area contributed by atoms with Crippen molar-refractivity contribution in [3.8, 4) is 0 Å². The second-order valence-electron chi connectivity index (χ2n) is 4.54. The van der Waals surface area contributed by atoms with Crippen LogP contribution in [0.5, 0.6) is 0 Å². The Bertz CT molecular complexity index is 718. The van der Waals surface area contributed by atoms with E-state index in [0.29, 0.717) is 0 Å². The van der Waals surface area contributed by atoms with Crippen LogP contribution in [-0.4, -0.2) is 11.5 Å². The molecule has 2 nitrogen and oxygen atoms in total. The number of pyridine rings is 1. The van der Waals surface area contributed by atoms with E-state index in [1.54, 1.807) is 11.3 Å². The minimum Gasteiger partial charge on any atom is -0.306 e. The van der Waals surface area contributed by atoms with Gasteiger partial charge in [-0.15, -0.1) is 11.3 Å². The standard InChI is InChI=1S/C16H15ClN2S/c1-2-18-15(16-13(17)8-10-20-16)12-7-9-19-14-6-4-3-5-11(12)14/h3-10,15,18H,2H2,1H3. The molecule has 0 fully saturated rings. The van der Waals surface area contributed by atoms with Gasteiger partial charge in [0.2, 0.25) is 0 Å². The highest BCUT2D eigenvalue weighted by Gasteiger charge is 2.19. The van der Waals surface area contributed by atoms with Crippen LogP contribution in [0.3, 0.4) is 0 Å². The predicted molar refractivity (Wildman–Crippen MR) is 86.6 cm³/mol. The van der Waals surface area contributed by atoms with Gasteiger partial charge in [-0.3, -0.25) is 4.98 Å². The zero-order valence-electron chi connectivity index (χ0n) is 11.1. The van der Waals surface area contributed by atoms with Crippen molar-refractivity contribution in [2.45, 2.75) is 13.0 Å². The first-order valence-corrected chi connectivity index (χ1v) is 7.87. The Labute approximate surface area is 127 Å². The lowest BCUT2D eigenvalue weighted by Crippen LogP contribution is -2.21. The van der Waals surface area contributed by atoms with Gasteiger partial charge >= 0.3 is 0 Å². The number of halogens is 1. The number of hydrogen-bond acceptors (Lipinski definition) is 3. The maximum Gasteiger partial charge on any atom is 0.0705 e. The Balaban J connectivity index is 2.17. The summed E-state index contributed by atoms with van der Waals surface area (Å²) in [5, 5.41) is 7.56. The predicted octanol–water partition coefficient (Wildman–Crippen LogP) is 4.65. The molecular formula is C16H15ClN2S. The summed E-state index contributed by atoms with van der Waals surface area (Å²) in [4.78, 5) is 5.59. The van der Waals surface area contributed by atoms with Gasteiger partial charge in [-0.2, -0.15) is 0 Å². The van der Waals surface area contributed by atoms with Gasteiger partial charge in [0, 0.05) is 16.5 Å². The molecule has 1 unspecified atom stereocenters. The molecular weight excluding hydrogens is 288 g/mol. The number of thiophene rings is 1. The molecule has 102 valence electrons. The smallest absolute Gasteiger partial charge is 0.0705 e. The van der Waals surface area contributed by atoms with Gasteiger partial charge < -0.3 is 5.32 Å². The Morgan fingerprint density at radius 2 is 2.10 bits per heavy atom. The quantitative estimate of drug-likeness (QED) is 0.759. The highest BCUT2D eigenvalue weighted by Crippen LogP contribution is 2.35. The van der Waals surface area contributed by atoms with Crippen molar-refractivity contribution in [2.75, 3.05) is 6.54 Å². The number of benzene rings is 1. The fourth-order valence-electron chi connectivity index (χ4n) is 2.43. The number of hydrogen-bond donors (Lipinski definition) is 1. The Morgan fingerprint density at radius 3 is 2.85 bits per heavy atom. The molecule has 2 aromatic heterocycles. The second-order valence-corrected chi connectivity index (χ2v) is 5.90. The Hall–Kier alpha value is -1.42. The van der Waals surface area contributed by atoms with Gasteiger partial charge in [-0.1, -0.05) is 36.7 Å². The summed E-state index contributed by atoms with van der Waals surface area (Å²) in [5.41, 5.74) is 2.24. The third-order valence-corrected chi connectivity index (χ3v) is 4.73. The van der Waals surface area contributed by atoms with Crippen molar-refractivity contribution >= 4 is 33.8 Å². The maximum atomic E-state index is 6.33. The van der Waals surface area contributed by atoms with Gasteiger partial charge in [-0.05, 0) is 35.7 Å². The van der Waals surface area contributed by atoms with Crippen LogP contribution in [0.15, 0.2) is 48.0 Å². The lowest BCUT2D eigenvalue weighted by molar-refractivity contribution is 0.643.